The van der Waals surface area contributed by atoms with Crippen molar-refractivity contribution in [1.29, 1.82) is 0 Å². The van der Waals surface area contributed by atoms with Crippen LogP contribution < -0.4 is 4.90 Å². The summed E-state index contributed by atoms with van der Waals surface area (Å²) >= 11 is 1.72. The lowest BCUT2D eigenvalue weighted by Gasteiger charge is -2.16. The molecule has 1 aromatic carbocycles. The number of aryl methyl sites for hydroxylation is 1. The van der Waals surface area contributed by atoms with Crippen molar-refractivity contribution in [2.24, 2.45) is 0 Å². The molecule has 1 N–H and O–H groups in total. The summed E-state index contributed by atoms with van der Waals surface area (Å²) in [6.07, 6.45) is 3.78. The summed E-state index contributed by atoms with van der Waals surface area (Å²) in [5.74, 6) is -0.239. The Kier molecular flexibility index (Phi) is 4.66. The fourth-order valence-electron chi connectivity index (χ4n) is 3.26. The Morgan fingerprint density at radius 3 is 2.56 bits per heavy atom. The van der Waals surface area contributed by atoms with Gasteiger partial charge in [0.05, 0.1) is 5.69 Å². The third kappa shape index (κ3) is 3.21. The number of halogens is 1. The van der Waals surface area contributed by atoms with Crippen molar-refractivity contribution in [3.8, 4) is 22.4 Å². The SMILES string of the molecule is CCN(CC)c1nc(-c2c[nH]c3ncc(-c4ccc(F)cc4)cc23)c(C)s1. The van der Waals surface area contributed by atoms with E-state index in [9.17, 15) is 4.39 Å². The van der Waals surface area contributed by atoms with Crippen molar-refractivity contribution in [2.45, 2.75) is 20.8 Å². The molecular formula is C21H21FN4S. The van der Waals surface area contributed by atoms with Crippen molar-refractivity contribution in [3.63, 3.8) is 0 Å². The van der Waals surface area contributed by atoms with Crippen LogP contribution in [-0.4, -0.2) is 28.0 Å². The van der Waals surface area contributed by atoms with Crippen molar-refractivity contribution < 1.29 is 4.39 Å². The molecule has 0 bridgehead atoms. The number of pyridine rings is 1. The molecule has 0 fully saturated rings. The van der Waals surface area contributed by atoms with Crippen molar-refractivity contribution >= 4 is 27.5 Å². The molecule has 0 unspecified atom stereocenters. The van der Waals surface area contributed by atoms with Crippen LogP contribution in [0.4, 0.5) is 9.52 Å². The summed E-state index contributed by atoms with van der Waals surface area (Å²) in [7, 11) is 0. The first-order valence-corrected chi connectivity index (χ1v) is 9.88. The fourth-order valence-corrected chi connectivity index (χ4v) is 4.31. The van der Waals surface area contributed by atoms with Gasteiger partial charge in [-0.1, -0.05) is 12.1 Å². The molecule has 138 valence electrons. The van der Waals surface area contributed by atoms with Gasteiger partial charge >= 0.3 is 0 Å². The highest BCUT2D eigenvalue weighted by molar-refractivity contribution is 7.16. The highest BCUT2D eigenvalue weighted by Gasteiger charge is 2.17. The zero-order valence-corrected chi connectivity index (χ0v) is 16.4. The summed E-state index contributed by atoms with van der Waals surface area (Å²) in [6, 6.07) is 8.59. The van der Waals surface area contributed by atoms with Gasteiger partial charge < -0.3 is 9.88 Å². The Bertz CT molecular complexity index is 1080. The predicted molar refractivity (Wildman–Crippen MR) is 111 cm³/mol. The van der Waals surface area contributed by atoms with Crippen molar-refractivity contribution in [3.05, 3.63) is 53.4 Å². The standard InChI is InChI=1S/C21H21FN4S/c1-4-26(5-2)21-25-19(13(3)27-21)18-12-24-20-17(18)10-15(11-23-20)14-6-8-16(22)9-7-14/h6-12H,4-5H2,1-3H3,(H,23,24). The summed E-state index contributed by atoms with van der Waals surface area (Å²) in [6.45, 7) is 8.27. The molecule has 3 heterocycles. The lowest BCUT2D eigenvalue weighted by Crippen LogP contribution is -2.21. The molecule has 0 aliphatic rings. The molecule has 0 amide bonds. The van der Waals surface area contributed by atoms with E-state index in [1.54, 1.807) is 23.5 Å². The molecule has 0 aliphatic heterocycles. The molecule has 0 aliphatic carbocycles. The van der Waals surface area contributed by atoms with E-state index in [1.807, 2.05) is 12.4 Å². The second kappa shape index (κ2) is 7.12. The topological polar surface area (TPSA) is 44.8 Å². The van der Waals surface area contributed by atoms with Crippen LogP contribution in [0, 0.1) is 12.7 Å². The van der Waals surface area contributed by atoms with Gasteiger partial charge in [-0.2, -0.15) is 0 Å². The van der Waals surface area contributed by atoms with Crippen LogP contribution in [0.5, 0.6) is 0 Å². The Labute approximate surface area is 161 Å². The number of hydrogen-bond donors (Lipinski definition) is 1. The van der Waals surface area contributed by atoms with Crippen LogP contribution in [0.2, 0.25) is 0 Å². The smallest absolute Gasteiger partial charge is 0.186 e. The zero-order chi connectivity index (χ0) is 19.0. The molecule has 6 heteroatoms. The van der Waals surface area contributed by atoms with Crippen molar-refractivity contribution in [2.75, 3.05) is 18.0 Å². The highest BCUT2D eigenvalue weighted by Crippen LogP contribution is 2.36. The van der Waals surface area contributed by atoms with Gasteiger partial charge in [0.2, 0.25) is 0 Å². The van der Waals surface area contributed by atoms with E-state index in [0.717, 1.165) is 51.6 Å². The second-order valence-corrected chi connectivity index (χ2v) is 7.58. The maximum absolute atomic E-state index is 13.2. The van der Waals surface area contributed by atoms with Gasteiger partial charge in [-0.05, 0) is 44.5 Å². The monoisotopic (exact) mass is 380 g/mol. The normalized spacial score (nSPS) is 11.3. The number of aromatic nitrogens is 3. The molecule has 0 spiro atoms. The van der Waals surface area contributed by atoms with Gasteiger partial charge in [0, 0.05) is 46.9 Å². The average molecular weight is 380 g/mol. The minimum Gasteiger partial charge on any atom is -0.349 e. The summed E-state index contributed by atoms with van der Waals surface area (Å²) in [5, 5.41) is 2.07. The van der Waals surface area contributed by atoms with Gasteiger partial charge in [0.25, 0.3) is 0 Å². The maximum Gasteiger partial charge on any atom is 0.186 e. The number of H-pyrrole nitrogens is 1. The molecular weight excluding hydrogens is 359 g/mol. The van der Waals surface area contributed by atoms with Crippen LogP contribution in [-0.2, 0) is 0 Å². The first-order chi connectivity index (χ1) is 13.1. The minimum atomic E-state index is -0.239. The molecule has 4 aromatic rings. The number of nitrogens with zero attached hydrogens (tertiary/aromatic N) is 3. The quantitative estimate of drug-likeness (QED) is 0.487. The van der Waals surface area contributed by atoms with Crippen LogP contribution in [0.15, 0.2) is 42.7 Å². The number of rotatable bonds is 5. The molecule has 0 saturated carbocycles. The largest absolute Gasteiger partial charge is 0.349 e. The van der Waals surface area contributed by atoms with Gasteiger partial charge in [0.1, 0.15) is 11.5 Å². The maximum atomic E-state index is 13.2. The van der Waals surface area contributed by atoms with E-state index in [0.29, 0.717) is 0 Å². The van der Waals surface area contributed by atoms with Gasteiger partial charge in [0.15, 0.2) is 5.13 Å². The van der Waals surface area contributed by atoms with Crippen LogP contribution in [0.3, 0.4) is 0 Å². The summed E-state index contributed by atoms with van der Waals surface area (Å²) < 4.78 is 13.2. The second-order valence-electron chi connectivity index (χ2n) is 6.40. The predicted octanol–water partition coefficient (Wildman–Crippen LogP) is 5.65. The molecule has 0 radical (unpaired) electrons. The Morgan fingerprint density at radius 1 is 1.11 bits per heavy atom. The number of benzene rings is 1. The van der Waals surface area contributed by atoms with Crippen LogP contribution in [0.1, 0.15) is 18.7 Å². The lowest BCUT2D eigenvalue weighted by molar-refractivity contribution is 0.628. The average Bonchev–Trinajstić information content (AvgIpc) is 3.26. The fraction of sp³-hybridized carbons (Fsp3) is 0.238. The van der Waals surface area contributed by atoms with E-state index >= 15 is 0 Å². The highest BCUT2D eigenvalue weighted by atomic mass is 32.1. The van der Waals surface area contributed by atoms with E-state index in [-0.39, 0.29) is 5.82 Å². The zero-order valence-electron chi connectivity index (χ0n) is 15.6. The van der Waals surface area contributed by atoms with E-state index in [4.69, 9.17) is 4.98 Å². The third-order valence-corrected chi connectivity index (χ3v) is 5.81. The molecule has 0 saturated heterocycles. The Morgan fingerprint density at radius 2 is 1.85 bits per heavy atom. The van der Waals surface area contributed by atoms with Crippen molar-refractivity contribution in [1.82, 2.24) is 15.0 Å². The van der Waals surface area contributed by atoms with E-state index in [1.165, 1.54) is 17.0 Å². The van der Waals surface area contributed by atoms with Crippen LogP contribution >= 0.6 is 11.3 Å². The van der Waals surface area contributed by atoms with E-state index in [2.05, 4.69) is 41.7 Å². The molecule has 3 aromatic heterocycles. The molecule has 4 rings (SSSR count). The van der Waals surface area contributed by atoms with Gasteiger partial charge in [-0.3, -0.25) is 0 Å². The summed E-state index contributed by atoms with van der Waals surface area (Å²) in [4.78, 5) is 16.1. The van der Waals surface area contributed by atoms with Gasteiger partial charge in [-0.15, -0.1) is 11.3 Å². The number of thiazole rings is 1. The van der Waals surface area contributed by atoms with Gasteiger partial charge in [-0.25, -0.2) is 14.4 Å². The number of anilines is 1. The number of fused-ring (bicyclic) bond motifs is 1. The summed E-state index contributed by atoms with van der Waals surface area (Å²) in [5.41, 5.74) is 4.77. The molecule has 0 atom stereocenters. The molecule has 4 nitrogen and oxygen atoms in total. The molecule has 27 heavy (non-hydrogen) atoms. The number of hydrogen-bond acceptors (Lipinski definition) is 4. The first kappa shape index (κ1) is 17.7. The Hall–Kier alpha value is -2.73. The van der Waals surface area contributed by atoms with Crippen LogP contribution in [0.25, 0.3) is 33.4 Å². The Balaban J connectivity index is 1.81. The third-order valence-electron chi connectivity index (χ3n) is 4.78. The number of aromatic amines is 1. The van der Waals surface area contributed by atoms with E-state index < -0.39 is 0 Å². The number of nitrogens with one attached hydrogen (secondary N) is 1. The first-order valence-electron chi connectivity index (χ1n) is 9.06. The minimum absolute atomic E-state index is 0.239. The lowest BCUT2D eigenvalue weighted by atomic mass is 10.0.